The molecule has 88 valence electrons. The fraction of sp³-hybridized carbons (Fsp3) is 0.182. The first-order valence-corrected chi connectivity index (χ1v) is 6.02. The lowest BCUT2D eigenvalue weighted by Gasteiger charge is -2.24. The van der Waals surface area contributed by atoms with Crippen molar-refractivity contribution in [3.8, 4) is 0 Å². The lowest BCUT2D eigenvalue weighted by Crippen LogP contribution is -2.43. The number of carbonyl (C=O) groups is 3. The molecule has 1 heterocycles. The van der Waals surface area contributed by atoms with Gasteiger partial charge in [0.25, 0.3) is 0 Å². The standard InChI is InChI=1S/C11H9NO4S/c13-9-5-17-6-10(14)12(9)8-3-1-7(2-4-8)11(15)16/h1-4H,5-6H2,(H,15,16). The minimum Gasteiger partial charge on any atom is -0.478 e. The molecule has 0 bridgehead atoms. The summed E-state index contributed by atoms with van der Waals surface area (Å²) in [5.41, 5.74) is 0.547. The topological polar surface area (TPSA) is 74.7 Å². The van der Waals surface area contributed by atoms with Crippen LogP contribution in [0, 0.1) is 0 Å². The summed E-state index contributed by atoms with van der Waals surface area (Å²) in [6, 6.07) is 5.68. The van der Waals surface area contributed by atoms with Crippen molar-refractivity contribution in [3.05, 3.63) is 29.8 Å². The number of thioether (sulfide) groups is 1. The molecule has 1 aliphatic rings. The van der Waals surface area contributed by atoms with Gasteiger partial charge in [-0.05, 0) is 24.3 Å². The Hall–Kier alpha value is -1.82. The van der Waals surface area contributed by atoms with Crippen molar-refractivity contribution in [1.29, 1.82) is 0 Å². The second-order valence-corrected chi connectivity index (χ2v) is 4.45. The highest BCUT2D eigenvalue weighted by molar-refractivity contribution is 8.00. The zero-order valence-electron chi connectivity index (χ0n) is 8.75. The van der Waals surface area contributed by atoms with Crippen molar-refractivity contribution in [2.45, 2.75) is 0 Å². The maximum absolute atomic E-state index is 11.6. The molecule has 17 heavy (non-hydrogen) atoms. The van der Waals surface area contributed by atoms with Gasteiger partial charge in [0.15, 0.2) is 0 Å². The zero-order valence-corrected chi connectivity index (χ0v) is 9.57. The molecule has 0 saturated carbocycles. The molecule has 0 unspecified atom stereocenters. The molecular weight excluding hydrogens is 242 g/mol. The van der Waals surface area contributed by atoms with Gasteiger partial charge in [-0.15, -0.1) is 11.8 Å². The molecule has 1 saturated heterocycles. The highest BCUT2D eigenvalue weighted by Crippen LogP contribution is 2.21. The Labute approximate surface area is 101 Å². The van der Waals surface area contributed by atoms with Crippen molar-refractivity contribution in [2.75, 3.05) is 16.4 Å². The van der Waals surface area contributed by atoms with E-state index in [9.17, 15) is 14.4 Å². The Kier molecular flexibility index (Phi) is 3.14. The second-order valence-electron chi connectivity index (χ2n) is 3.47. The number of carboxylic acids is 1. The predicted octanol–water partition coefficient (Wildman–Crippen LogP) is 0.991. The summed E-state index contributed by atoms with van der Waals surface area (Å²) in [5, 5.41) is 8.74. The van der Waals surface area contributed by atoms with E-state index in [1.165, 1.54) is 36.0 Å². The van der Waals surface area contributed by atoms with Gasteiger partial charge in [-0.2, -0.15) is 0 Å². The Balaban J connectivity index is 2.29. The molecule has 0 aromatic heterocycles. The fourth-order valence-electron chi connectivity index (χ4n) is 1.53. The first-order valence-electron chi connectivity index (χ1n) is 4.86. The number of imide groups is 1. The summed E-state index contributed by atoms with van der Waals surface area (Å²) >= 11 is 1.28. The van der Waals surface area contributed by atoms with E-state index in [0.29, 0.717) is 5.69 Å². The molecule has 0 atom stereocenters. The van der Waals surface area contributed by atoms with Gasteiger partial charge >= 0.3 is 5.97 Å². The molecule has 0 spiro atoms. The summed E-state index contributed by atoms with van der Waals surface area (Å²) < 4.78 is 0. The van der Waals surface area contributed by atoms with Gasteiger partial charge in [0.2, 0.25) is 11.8 Å². The van der Waals surface area contributed by atoms with Crippen molar-refractivity contribution in [3.63, 3.8) is 0 Å². The van der Waals surface area contributed by atoms with Crippen LogP contribution < -0.4 is 4.90 Å². The number of carbonyl (C=O) groups excluding carboxylic acids is 2. The Morgan fingerprint density at radius 3 is 2.12 bits per heavy atom. The third-order valence-corrected chi connectivity index (χ3v) is 3.22. The summed E-state index contributed by atoms with van der Waals surface area (Å²) in [4.78, 5) is 34.9. The average Bonchev–Trinajstić information content (AvgIpc) is 2.29. The highest BCUT2D eigenvalue weighted by Gasteiger charge is 2.27. The van der Waals surface area contributed by atoms with Crippen molar-refractivity contribution in [2.24, 2.45) is 0 Å². The summed E-state index contributed by atoms with van der Waals surface area (Å²) in [6.07, 6.45) is 0. The largest absolute Gasteiger partial charge is 0.478 e. The number of hydrogen-bond acceptors (Lipinski definition) is 4. The minimum atomic E-state index is -1.04. The van der Waals surface area contributed by atoms with Crippen LogP contribution in [0.3, 0.4) is 0 Å². The van der Waals surface area contributed by atoms with Crippen LogP contribution in [-0.4, -0.2) is 34.4 Å². The molecule has 1 aliphatic heterocycles. The number of nitrogens with zero attached hydrogens (tertiary/aromatic N) is 1. The molecule has 1 N–H and O–H groups in total. The van der Waals surface area contributed by atoms with Gasteiger partial charge in [-0.1, -0.05) is 0 Å². The molecule has 0 aliphatic carbocycles. The molecular formula is C11H9NO4S. The Morgan fingerprint density at radius 1 is 1.12 bits per heavy atom. The zero-order chi connectivity index (χ0) is 12.4. The molecule has 0 radical (unpaired) electrons. The van der Waals surface area contributed by atoms with Crippen LogP contribution in [-0.2, 0) is 9.59 Å². The van der Waals surface area contributed by atoms with Gasteiger partial charge in [-0.3, -0.25) is 9.59 Å². The number of hydrogen-bond donors (Lipinski definition) is 1. The molecule has 1 aromatic rings. The number of rotatable bonds is 2. The van der Waals surface area contributed by atoms with E-state index in [0.717, 1.165) is 4.90 Å². The van der Waals surface area contributed by atoms with E-state index in [1.807, 2.05) is 0 Å². The first kappa shape index (κ1) is 11.7. The number of aromatic carboxylic acids is 1. The van der Waals surface area contributed by atoms with E-state index < -0.39 is 5.97 Å². The van der Waals surface area contributed by atoms with E-state index >= 15 is 0 Å². The Morgan fingerprint density at radius 2 is 1.65 bits per heavy atom. The maximum atomic E-state index is 11.6. The normalized spacial score (nSPS) is 16.1. The molecule has 2 rings (SSSR count). The Bertz CT molecular complexity index is 467. The van der Waals surface area contributed by atoms with Crippen molar-refractivity contribution in [1.82, 2.24) is 0 Å². The third kappa shape index (κ3) is 2.31. The van der Waals surface area contributed by atoms with E-state index in [4.69, 9.17) is 5.11 Å². The molecule has 1 aromatic carbocycles. The monoisotopic (exact) mass is 251 g/mol. The van der Waals surface area contributed by atoms with Crippen LogP contribution in [0.2, 0.25) is 0 Å². The van der Waals surface area contributed by atoms with Crippen LogP contribution >= 0.6 is 11.8 Å². The van der Waals surface area contributed by atoms with Gasteiger partial charge in [-0.25, -0.2) is 9.69 Å². The van der Waals surface area contributed by atoms with Crippen LogP contribution in [0.15, 0.2) is 24.3 Å². The van der Waals surface area contributed by atoms with Crippen molar-refractivity contribution < 1.29 is 19.5 Å². The SMILES string of the molecule is O=C(O)c1ccc(N2C(=O)CSCC2=O)cc1. The van der Waals surface area contributed by atoms with E-state index in [1.54, 1.807) is 0 Å². The van der Waals surface area contributed by atoms with Crippen LogP contribution in [0.5, 0.6) is 0 Å². The number of benzene rings is 1. The number of amides is 2. The quantitative estimate of drug-likeness (QED) is 0.793. The first-order chi connectivity index (χ1) is 8.09. The summed E-state index contributed by atoms with van der Waals surface area (Å²) in [5.74, 6) is -1.04. The van der Waals surface area contributed by atoms with Crippen LogP contribution in [0.1, 0.15) is 10.4 Å². The van der Waals surface area contributed by atoms with E-state index in [2.05, 4.69) is 0 Å². The highest BCUT2D eigenvalue weighted by atomic mass is 32.2. The van der Waals surface area contributed by atoms with E-state index in [-0.39, 0.29) is 28.9 Å². The molecule has 6 heteroatoms. The van der Waals surface area contributed by atoms with Gasteiger partial charge in [0.05, 0.1) is 22.8 Å². The molecule has 5 nitrogen and oxygen atoms in total. The minimum absolute atomic E-state index is 0.125. The number of carboxylic acid groups (broad SMARTS) is 1. The third-order valence-electron chi connectivity index (χ3n) is 2.32. The van der Waals surface area contributed by atoms with Crippen molar-refractivity contribution >= 4 is 35.2 Å². The van der Waals surface area contributed by atoms with Gasteiger partial charge in [0, 0.05) is 0 Å². The lowest BCUT2D eigenvalue weighted by molar-refractivity contribution is -0.124. The predicted molar refractivity (Wildman–Crippen MR) is 63.2 cm³/mol. The van der Waals surface area contributed by atoms with Crippen LogP contribution in [0.25, 0.3) is 0 Å². The second kappa shape index (κ2) is 4.58. The maximum Gasteiger partial charge on any atom is 0.335 e. The molecule has 2 amide bonds. The smallest absolute Gasteiger partial charge is 0.335 e. The lowest BCUT2D eigenvalue weighted by atomic mass is 10.2. The molecule has 1 fully saturated rings. The summed E-state index contributed by atoms with van der Waals surface area (Å²) in [7, 11) is 0. The average molecular weight is 251 g/mol. The fourth-order valence-corrected chi connectivity index (χ4v) is 2.24. The van der Waals surface area contributed by atoms with Crippen LogP contribution in [0.4, 0.5) is 5.69 Å². The van der Waals surface area contributed by atoms with Gasteiger partial charge < -0.3 is 5.11 Å². The number of anilines is 1. The van der Waals surface area contributed by atoms with Gasteiger partial charge in [0.1, 0.15) is 0 Å². The summed E-state index contributed by atoms with van der Waals surface area (Å²) in [6.45, 7) is 0.